The summed E-state index contributed by atoms with van der Waals surface area (Å²) in [7, 11) is 0. The van der Waals surface area contributed by atoms with Crippen molar-refractivity contribution in [2.75, 3.05) is 18.5 Å². The van der Waals surface area contributed by atoms with Gasteiger partial charge in [-0.3, -0.25) is 4.79 Å². The van der Waals surface area contributed by atoms with Crippen LogP contribution < -0.4 is 5.32 Å². The summed E-state index contributed by atoms with van der Waals surface area (Å²) >= 11 is 0. The average molecular weight is 337 g/mol. The van der Waals surface area contributed by atoms with Gasteiger partial charge < -0.3 is 10.1 Å². The Labute approximate surface area is 148 Å². The van der Waals surface area contributed by atoms with Crippen LogP contribution in [0.4, 0.5) is 5.69 Å². The van der Waals surface area contributed by atoms with E-state index in [1.165, 1.54) is 0 Å². The van der Waals surface area contributed by atoms with Gasteiger partial charge in [-0.15, -0.1) is 0 Å². The molecule has 4 heteroatoms. The normalized spacial score (nSPS) is 10.2. The van der Waals surface area contributed by atoms with Gasteiger partial charge in [-0.25, -0.2) is 4.79 Å². The first kappa shape index (κ1) is 18.5. The largest absolute Gasteiger partial charge is 0.460 e. The second-order valence-corrected chi connectivity index (χ2v) is 6.04. The quantitative estimate of drug-likeness (QED) is 0.358. The van der Waals surface area contributed by atoms with Crippen LogP contribution in [0.1, 0.15) is 34.0 Å². The fourth-order valence-electron chi connectivity index (χ4n) is 2.50. The molecule has 0 amide bonds. The number of rotatable bonds is 7. The Morgan fingerprint density at radius 1 is 1.08 bits per heavy atom. The molecule has 0 atom stereocenters. The zero-order valence-electron chi connectivity index (χ0n) is 14.9. The van der Waals surface area contributed by atoms with Gasteiger partial charge >= 0.3 is 5.97 Å². The number of benzene rings is 2. The molecule has 25 heavy (non-hydrogen) atoms. The molecule has 0 aliphatic rings. The first-order valence-electron chi connectivity index (χ1n) is 8.17. The Morgan fingerprint density at radius 2 is 1.80 bits per heavy atom. The highest BCUT2D eigenvalue weighted by atomic mass is 16.5. The Hall–Kier alpha value is -2.88. The lowest BCUT2D eigenvalue weighted by Gasteiger charge is -2.13. The van der Waals surface area contributed by atoms with Crippen LogP contribution in [0.2, 0.25) is 0 Å². The topological polar surface area (TPSA) is 55.4 Å². The Bertz CT molecular complexity index is 809. The molecule has 0 heterocycles. The van der Waals surface area contributed by atoms with Gasteiger partial charge in [0, 0.05) is 28.9 Å². The summed E-state index contributed by atoms with van der Waals surface area (Å²) in [5, 5.41) is 3.16. The highest BCUT2D eigenvalue weighted by Crippen LogP contribution is 2.21. The lowest BCUT2D eigenvalue weighted by molar-refractivity contribution is -0.138. The van der Waals surface area contributed by atoms with Crippen LogP contribution in [-0.2, 0) is 9.53 Å². The van der Waals surface area contributed by atoms with E-state index >= 15 is 0 Å². The van der Waals surface area contributed by atoms with Crippen molar-refractivity contribution in [2.24, 2.45) is 0 Å². The highest BCUT2D eigenvalue weighted by molar-refractivity contribution is 6.13. The maximum Gasteiger partial charge on any atom is 0.333 e. The molecule has 0 aliphatic heterocycles. The van der Waals surface area contributed by atoms with Crippen LogP contribution in [0.25, 0.3) is 0 Å². The molecule has 0 saturated heterocycles. The van der Waals surface area contributed by atoms with Crippen LogP contribution in [0.3, 0.4) is 0 Å². The van der Waals surface area contributed by atoms with E-state index in [0.29, 0.717) is 23.2 Å². The highest BCUT2D eigenvalue weighted by Gasteiger charge is 2.15. The number of esters is 1. The number of ether oxygens (including phenoxy) is 1. The first-order valence-corrected chi connectivity index (χ1v) is 8.17. The molecule has 0 spiro atoms. The van der Waals surface area contributed by atoms with Gasteiger partial charge in [0.25, 0.3) is 0 Å². The van der Waals surface area contributed by atoms with Crippen LogP contribution >= 0.6 is 0 Å². The molecule has 0 aliphatic carbocycles. The molecule has 0 bridgehead atoms. The lowest BCUT2D eigenvalue weighted by Crippen LogP contribution is -2.16. The number of para-hydroxylation sites is 1. The number of nitrogens with one attached hydrogen (secondary N) is 1. The number of carbonyl (C=O) groups excluding carboxylic acids is 2. The van der Waals surface area contributed by atoms with E-state index in [4.69, 9.17) is 4.74 Å². The van der Waals surface area contributed by atoms with Crippen molar-refractivity contribution in [3.05, 3.63) is 76.9 Å². The summed E-state index contributed by atoms with van der Waals surface area (Å²) in [6, 6.07) is 13.1. The van der Waals surface area contributed by atoms with Crippen molar-refractivity contribution in [1.82, 2.24) is 0 Å². The SMILES string of the molecule is C=C(C)C(=O)OCCNc1ccccc1C(=O)c1ccc(C)cc1C. The Kier molecular flexibility index (Phi) is 6.12. The molecule has 1 N–H and O–H groups in total. The van der Waals surface area contributed by atoms with Crippen molar-refractivity contribution in [3.63, 3.8) is 0 Å². The maximum absolute atomic E-state index is 12.9. The van der Waals surface area contributed by atoms with Crippen molar-refractivity contribution in [1.29, 1.82) is 0 Å². The summed E-state index contributed by atoms with van der Waals surface area (Å²) in [5.41, 5.74) is 4.45. The van der Waals surface area contributed by atoms with E-state index in [9.17, 15) is 9.59 Å². The van der Waals surface area contributed by atoms with Crippen LogP contribution in [-0.4, -0.2) is 24.9 Å². The molecule has 0 radical (unpaired) electrons. The summed E-state index contributed by atoms with van der Waals surface area (Å²) < 4.78 is 5.06. The molecule has 0 fully saturated rings. The molecule has 130 valence electrons. The molecule has 2 rings (SSSR count). The third-order valence-electron chi connectivity index (χ3n) is 3.80. The van der Waals surface area contributed by atoms with Gasteiger partial charge in [-0.05, 0) is 38.5 Å². The lowest BCUT2D eigenvalue weighted by atomic mass is 9.96. The van der Waals surface area contributed by atoms with E-state index in [1.807, 2.05) is 50.2 Å². The van der Waals surface area contributed by atoms with E-state index < -0.39 is 5.97 Å². The summed E-state index contributed by atoms with van der Waals surface area (Å²) in [5.74, 6) is -0.444. The van der Waals surface area contributed by atoms with E-state index in [-0.39, 0.29) is 12.4 Å². The van der Waals surface area contributed by atoms with Gasteiger partial charge in [0.15, 0.2) is 5.78 Å². The number of ketones is 1. The fourth-order valence-corrected chi connectivity index (χ4v) is 2.50. The van der Waals surface area contributed by atoms with Gasteiger partial charge in [0.2, 0.25) is 0 Å². The van der Waals surface area contributed by atoms with Crippen molar-refractivity contribution in [3.8, 4) is 0 Å². The van der Waals surface area contributed by atoms with Crippen molar-refractivity contribution < 1.29 is 14.3 Å². The minimum atomic E-state index is -0.415. The van der Waals surface area contributed by atoms with Crippen molar-refractivity contribution in [2.45, 2.75) is 20.8 Å². The minimum absolute atomic E-state index is 0.0282. The molecular weight excluding hydrogens is 314 g/mol. The third kappa shape index (κ3) is 4.80. The number of aryl methyl sites for hydroxylation is 2. The zero-order chi connectivity index (χ0) is 18.4. The van der Waals surface area contributed by atoms with Crippen molar-refractivity contribution >= 4 is 17.4 Å². The van der Waals surface area contributed by atoms with E-state index in [0.717, 1.165) is 16.8 Å². The second-order valence-electron chi connectivity index (χ2n) is 6.04. The fraction of sp³-hybridized carbons (Fsp3) is 0.238. The van der Waals surface area contributed by atoms with Gasteiger partial charge in [0.1, 0.15) is 6.61 Å². The summed E-state index contributed by atoms with van der Waals surface area (Å²) in [6.45, 7) is 9.70. The Balaban J connectivity index is 2.11. The van der Waals surface area contributed by atoms with Crippen LogP contribution in [0.15, 0.2) is 54.6 Å². The van der Waals surface area contributed by atoms with Gasteiger partial charge in [-0.1, -0.05) is 42.5 Å². The predicted molar refractivity (Wildman–Crippen MR) is 100 cm³/mol. The maximum atomic E-state index is 12.9. The van der Waals surface area contributed by atoms with Gasteiger partial charge in [0.05, 0.1) is 0 Å². The smallest absolute Gasteiger partial charge is 0.333 e. The molecule has 2 aromatic carbocycles. The molecule has 0 unspecified atom stereocenters. The minimum Gasteiger partial charge on any atom is -0.460 e. The molecule has 0 aromatic heterocycles. The first-order chi connectivity index (χ1) is 11.9. The predicted octanol–water partition coefficient (Wildman–Crippen LogP) is 4.07. The standard InChI is InChI=1S/C21H23NO3/c1-14(2)21(24)25-12-11-22-19-8-6-5-7-18(19)20(23)17-10-9-15(3)13-16(17)4/h5-10,13,22H,1,11-12H2,2-4H3. The number of anilines is 1. The third-order valence-corrected chi connectivity index (χ3v) is 3.80. The van der Waals surface area contributed by atoms with E-state index in [1.54, 1.807) is 13.0 Å². The summed E-state index contributed by atoms with van der Waals surface area (Å²) in [6.07, 6.45) is 0. The number of hydrogen-bond acceptors (Lipinski definition) is 4. The van der Waals surface area contributed by atoms with E-state index in [2.05, 4.69) is 11.9 Å². The Morgan fingerprint density at radius 3 is 2.48 bits per heavy atom. The summed E-state index contributed by atoms with van der Waals surface area (Å²) in [4.78, 5) is 24.3. The number of hydrogen-bond donors (Lipinski definition) is 1. The second kappa shape index (κ2) is 8.29. The molecular formula is C21H23NO3. The van der Waals surface area contributed by atoms with Crippen LogP contribution in [0.5, 0.6) is 0 Å². The monoisotopic (exact) mass is 337 g/mol. The number of carbonyl (C=O) groups is 2. The van der Waals surface area contributed by atoms with Gasteiger partial charge in [-0.2, -0.15) is 0 Å². The average Bonchev–Trinajstić information content (AvgIpc) is 2.58. The zero-order valence-corrected chi connectivity index (χ0v) is 14.9. The molecule has 2 aromatic rings. The van der Waals surface area contributed by atoms with Crippen LogP contribution in [0, 0.1) is 13.8 Å². The molecule has 0 saturated carbocycles. The molecule has 4 nitrogen and oxygen atoms in total.